The molecule has 0 spiro atoms. The van der Waals surface area contributed by atoms with Crippen molar-refractivity contribution in [2.75, 3.05) is 26.2 Å². The number of hydrogen-bond acceptors (Lipinski definition) is 5. The second-order valence-electron chi connectivity index (χ2n) is 5.47. The Morgan fingerprint density at radius 3 is 2.62 bits per heavy atom. The zero-order valence-corrected chi connectivity index (χ0v) is 12.9. The van der Waals surface area contributed by atoms with Crippen LogP contribution in [0.25, 0.3) is 0 Å². The molecule has 0 amide bonds. The van der Waals surface area contributed by atoms with Crippen LogP contribution in [-0.4, -0.2) is 62.8 Å². The van der Waals surface area contributed by atoms with E-state index in [0.29, 0.717) is 5.84 Å². The molecule has 1 unspecified atom stereocenters. The lowest BCUT2D eigenvalue weighted by Crippen LogP contribution is -2.53. The molecule has 7 nitrogen and oxygen atoms in total. The van der Waals surface area contributed by atoms with Crippen molar-refractivity contribution in [2.24, 2.45) is 10.9 Å². The molecule has 1 aliphatic heterocycles. The van der Waals surface area contributed by atoms with E-state index in [2.05, 4.69) is 40.1 Å². The van der Waals surface area contributed by atoms with Gasteiger partial charge in [0.25, 0.3) is 0 Å². The highest BCUT2D eigenvalue weighted by molar-refractivity contribution is 5.85. The van der Waals surface area contributed by atoms with Crippen molar-refractivity contribution in [3.05, 3.63) is 18.0 Å². The van der Waals surface area contributed by atoms with Gasteiger partial charge in [-0.1, -0.05) is 12.1 Å². The van der Waals surface area contributed by atoms with Crippen LogP contribution in [0.5, 0.6) is 0 Å². The number of nitrogens with zero attached hydrogens (tertiary/aromatic N) is 5. The van der Waals surface area contributed by atoms with Gasteiger partial charge in [-0.25, -0.2) is 0 Å². The number of aromatic nitrogens is 2. The van der Waals surface area contributed by atoms with Gasteiger partial charge in [0.15, 0.2) is 5.84 Å². The van der Waals surface area contributed by atoms with Crippen LogP contribution in [0.15, 0.2) is 17.5 Å². The lowest BCUT2D eigenvalue weighted by Gasteiger charge is -2.38. The predicted octanol–water partition coefficient (Wildman–Crippen LogP) is 0.546. The minimum Gasteiger partial charge on any atom is -0.409 e. The van der Waals surface area contributed by atoms with Gasteiger partial charge in [0.05, 0.1) is 12.2 Å². The summed E-state index contributed by atoms with van der Waals surface area (Å²) < 4.78 is 1.96. The molecule has 2 heterocycles. The molecule has 1 aromatic heterocycles. The fraction of sp³-hybridized carbons (Fsp3) is 0.714. The van der Waals surface area contributed by atoms with Crippen molar-refractivity contribution in [2.45, 2.75) is 39.4 Å². The average molecular weight is 294 g/mol. The molecule has 0 saturated carbocycles. The van der Waals surface area contributed by atoms with E-state index in [1.54, 1.807) is 0 Å². The standard InChI is InChI=1S/C14H26N6O/c1-3-13(14(15)17-21)19-7-5-18(6-8-19)10-12-9-16-20(4-2)11-12/h9,11,13,21H,3-8,10H2,1-2H3,(H2,15,17). The lowest BCUT2D eigenvalue weighted by molar-refractivity contribution is 0.110. The van der Waals surface area contributed by atoms with Crippen LogP contribution in [0.4, 0.5) is 0 Å². The molecule has 1 fully saturated rings. The number of rotatable bonds is 6. The normalized spacial score (nSPS) is 19.8. The first-order valence-corrected chi connectivity index (χ1v) is 7.63. The Morgan fingerprint density at radius 2 is 2.10 bits per heavy atom. The maximum atomic E-state index is 8.86. The summed E-state index contributed by atoms with van der Waals surface area (Å²) in [6.45, 7) is 9.87. The van der Waals surface area contributed by atoms with Crippen molar-refractivity contribution in [1.29, 1.82) is 0 Å². The summed E-state index contributed by atoms with van der Waals surface area (Å²) in [4.78, 5) is 4.72. The number of amidine groups is 1. The molecular formula is C14H26N6O. The first-order chi connectivity index (χ1) is 10.2. The highest BCUT2D eigenvalue weighted by Gasteiger charge is 2.25. The largest absolute Gasteiger partial charge is 0.409 e. The third-order valence-corrected chi connectivity index (χ3v) is 4.11. The fourth-order valence-electron chi connectivity index (χ4n) is 2.87. The van der Waals surface area contributed by atoms with Gasteiger partial charge in [-0.2, -0.15) is 5.10 Å². The van der Waals surface area contributed by atoms with E-state index in [4.69, 9.17) is 10.9 Å². The molecule has 0 aliphatic carbocycles. The zero-order chi connectivity index (χ0) is 15.2. The van der Waals surface area contributed by atoms with Gasteiger partial charge in [-0.15, -0.1) is 0 Å². The first kappa shape index (κ1) is 15.8. The van der Waals surface area contributed by atoms with Crippen LogP contribution in [0.3, 0.4) is 0 Å². The Morgan fingerprint density at radius 1 is 1.38 bits per heavy atom. The Balaban J connectivity index is 1.85. The third-order valence-electron chi connectivity index (χ3n) is 4.11. The van der Waals surface area contributed by atoms with Crippen LogP contribution < -0.4 is 5.73 Å². The van der Waals surface area contributed by atoms with Gasteiger partial charge in [0, 0.05) is 51.0 Å². The topological polar surface area (TPSA) is 82.9 Å². The Bertz CT molecular complexity index is 464. The SMILES string of the molecule is CCC(C(N)=NO)N1CCN(Cc2cnn(CC)c2)CC1. The van der Waals surface area contributed by atoms with E-state index in [0.717, 1.165) is 45.7 Å². The second kappa shape index (κ2) is 7.42. The van der Waals surface area contributed by atoms with Crippen LogP contribution in [0.2, 0.25) is 0 Å². The van der Waals surface area contributed by atoms with Gasteiger partial charge >= 0.3 is 0 Å². The highest BCUT2D eigenvalue weighted by Crippen LogP contribution is 2.12. The second-order valence-corrected chi connectivity index (χ2v) is 5.47. The molecule has 1 aromatic rings. The molecule has 21 heavy (non-hydrogen) atoms. The molecule has 118 valence electrons. The minimum absolute atomic E-state index is 0.0417. The number of hydrogen-bond donors (Lipinski definition) is 2. The quantitative estimate of drug-likeness (QED) is 0.346. The van der Waals surface area contributed by atoms with E-state index < -0.39 is 0 Å². The van der Waals surface area contributed by atoms with Crippen LogP contribution >= 0.6 is 0 Å². The summed E-state index contributed by atoms with van der Waals surface area (Å²) in [7, 11) is 0. The van der Waals surface area contributed by atoms with E-state index in [9.17, 15) is 0 Å². The fourth-order valence-corrected chi connectivity index (χ4v) is 2.87. The Hall–Kier alpha value is -1.60. The Labute approximate surface area is 126 Å². The Kier molecular flexibility index (Phi) is 5.58. The molecule has 1 saturated heterocycles. The molecule has 0 bridgehead atoms. The molecule has 1 atom stereocenters. The summed E-state index contributed by atoms with van der Waals surface area (Å²) in [6.07, 6.45) is 4.91. The van der Waals surface area contributed by atoms with Crippen molar-refractivity contribution in [1.82, 2.24) is 19.6 Å². The summed E-state index contributed by atoms with van der Waals surface area (Å²) >= 11 is 0. The van der Waals surface area contributed by atoms with Gasteiger partial charge in [-0.05, 0) is 13.3 Å². The smallest absolute Gasteiger partial charge is 0.156 e. The minimum atomic E-state index is 0.0417. The van der Waals surface area contributed by atoms with Gasteiger partial charge < -0.3 is 10.9 Å². The molecule has 3 N–H and O–H groups in total. The monoisotopic (exact) mass is 294 g/mol. The first-order valence-electron chi connectivity index (χ1n) is 7.63. The number of oxime groups is 1. The van der Waals surface area contributed by atoms with E-state index in [1.165, 1.54) is 5.56 Å². The zero-order valence-electron chi connectivity index (χ0n) is 12.9. The van der Waals surface area contributed by atoms with Gasteiger partial charge in [0.2, 0.25) is 0 Å². The number of aryl methyl sites for hydroxylation is 1. The van der Waals surface area contributed by atoms with Crippen molar-refractivity contribution >= 4 is 5.84 Å². The summed E-state index contributed by atoms with van der Waals surface area (Å²) in [5.74, 6) is 0.315. The molecule has 0 aromatic carbocycles. The van der Waals surface area contributed by atoms with Crippen LogP contribution in [-0.2, 0) is 13.1 Å². The average Bonchev–Trinajstić information content (AvgIpc) is 2.97. The van der Waals surface area contributed by atoms with Gasteiger partial charge in [-0.3, -0.25) is 14.5 Å². The number of nitrogens with two attached hydrogens (primary N) is 1. The third kappa shape index (κ3) is 3.95. The molecule has 7 heteroatoms. The molecular weight excluding hydrogens is 268 g/mol. The number of piperazine rings is 1. The maximum Gasteiger partial charge on any atom is 0.156 e. The van der Waals surface area contributed by atoms with E-state index >= 15 is 0 Å². The highest BCUT2D eigenvalue weighted by atomic mass is 16.4. The van der Waals surface area contributed by atoms with Crippen molar-refractivity contribution in [3.63, 3.8) is 0 Å². The predicted molar refractivity (Wildman–Crippen MR) is 82.2 cm³/mol. The van der Waals surface area contributed by atoms with E-state index in [1.807, 2.05) is 10.9 Å². The summed E-state index contributed by atoms with van der Waals surface area (Å²) in [5.41, 5.74) is 7.03. The summed E-state index contributed by atoms with van der Waals surface area (Å²) in [5, 5.41) is 16.3. The van der Waals surface area contributed by atoms with Crippen molar-refractivity contribution < 1.29 is 5.21 Å². The van der Waals surface area contributed by atoms with Crippen molar-refractivity contribution in [3.8, 4) is 0 Å². The molecule has 1 aliphatic rings. The van der Waals surface area contributed by atoms with Gasteiger partial charge in [0.1, 0.15) is 0 Å². The maximum absolute atomic E-state index is 8.86. The molecule has 2 rings (SSSR count). The molecule has 0 radical (unpaired) electrons. The van der Waals surface area contributed by atoms with Crippen LogP contribution in [0, 0.1) is 0 Å². The summed E-state index contributed by atoms with van der Waals surface area (Å²) in [6, 6.07) is 0.0417. The van der Waals surface area contributed by atoms with E-state index in [-0.39, 0.29) is 6.04 Å². The lowest BCUT2D eigenvalue weighted by atomic mass is 10.1. The van der Waals surface area contributed by atoms with Crippen LogP contribution in [0.1, 0.15) is 25.8 Å².